The minimum atomic E-state index is -0.0175. The summed E-state index contributed by atoms with van der Waals surface area (Å²) in [5, 5.41) is 3.14. The molecule has 3 rings (SSSR count). The maximum absolute atomic E-state index is 12.6. The van der Waals surface area contributed by atoms with Gasteiger partial charge in [-0.25, -0.2) is 0 Å². The van der Waals surface area contributed by atoms with Crippen molar-refractivity contribution in [2.75, 3.05) is 31.2 Å². The summed E-state index contributed by atoms with van der Waals surface area (Å²) in [5.74, 6) is 2.29. The van der Waals surface area contributed by atoms with E-state index in [9.17, 15) is 4.79 Å². The van der Waals surface area contributed by atoms with Crippen LogP contribution in [0.5, 0.6) is 11.5 Å². The lowest BCUT2D eigenvalue weighted by atomic mass is 9.99. The van der Waals surface area contributed by atoms with E-state index in [0.29, 0.717) is 26.1 Å². The van der Waals surface area contributed by atoms with Crippen molar-refractivity contribution < 1.29 is 14.3 Å². The van der Waals surface area contributed by atoms with Gasteiger partial charge in [0.2, 0.25) is 5.91 Å². The molecular formula is C27H38N2O3. The van der Waals surface area contributed by atoms with Crippen molar-refractivity contribution in [2.45, 2.75) is 59.4 Å². The summed E-state index contributed by atoms with van der Waals surface area (Å²) in [6, 6.07) is 14.5. The van der Waals surface area contributed by atoms with Gasteiger partial charge in [0.1, 0.15) is 0 Å². The maximum Gasteiger partial charge on any atom is 0.220 e. The molecule has 1 aliphatic heterocycles. The molecule has 1 saturated heterocycles. The standard InChI is InChI=1S/C27H38N2O3/c1-5-31-25-15-9-22(18-26(25)32-6-2)10-16-27(30)28-21(4)23-11-13-24(14-12-23)29-17-7-8-20(3)19-29/h9,11-15,18,20-21H,5-8,10,16-17,19H2,1-4H3,(H,28,30)/t20-,21-/m0/s1. The van der Waals surface area contributed by atoms with Crippen molar-refractivity contribution in [3.63, 3.8) is 0 Å². The molecule has 0 radical (unpaired) electrons. The number of nitrogens with zero attached hydrogens (tertiary/aromatic N) is 1. The lowest BCUT2D eigenvalue weighted by Gasteiger charge is -2.33. The summed E-state index contributed by atoms with van der Waals surface area (Å²) in [6.07, 6.45) is 3.68. The highest BCUT2D eigenvalue weighted by atomic mass is 16.5. The lowest BCUT2D eigenvalue weighted by Crippen LogP contribution is -2.34. The normalized spacial score (nSPS) is 17.0. The smallest absolute Gasteiger partial charge is 0.220 e. The summed E-state index contributed by atoms with van der Waals surface area (Å²) in [5.41, 5.74) is 3.48. The Hall–Kier alpha value is -2.69. The van der Waals surface area contributed by atoms with Gasteiger partial charge in [0.25, 0.3) is 0 Å². The van der Waals surface area contributed by atoms with Gasteiger partial charge in [0, 0.05) is 25.2 Å². The van der Waals surface area contributed by atoms with E-state index in [1.807, 2.05) is 39.0 Å². The fourth-order valence-electron chi connectivity index (χ4n) is 4.30. The molecule has 2 aromatic rings. The number of benzene rings is 2. The minimum absolute atomic E-state index is 0.0175. The van der Waals surface area contributed by atoms with E-state index in [2.05, 4.69) is 41.4 Å². The number of hydrogen-bond acceptors (Lipinski definition) is 4. The van der Waals surface area contributed by atoms with Crippen LogP contribution in [0.4, 0.5) is 5.69 Å². The first-order chi connectivity index (χ1) is 15.5. The molecular weight excluding hydrogens is 400 g/mol. The molecule has 1 heterocycles. The van der Waals surface area contributed by atoms with E-state index < -0.39 is 0 Å². The summed E-state index contributed by atoms with van der Waals surface area (Å²) in [6.45, 7) is 11.7. The van der Waals surface area contributed by atoms with E-state index in [1.165, 1.54) is 18.5 Å². The number of rotatable bonds is 10. The topological polar surface area (TPSA) is 50.8 Å². The fraction of sp³-hybridized carbons (Fsp3) is 0.519. The molecule has 5 nitrogen and oxygen atoms in total. The Morgan fingerprint density at radius 2 is 1.81 bits per heavy atom. The number of carbonyl (C=O) groups is 1. The molecule has 174 valence electrons. The van der Waals surface area contributed by atoms with Gasteiger partial charge in [-0.05, 0) is 81.3 Å². The van der Waals surface area contributed by atoms with Crippen LogP contribution < -0.4 is 19.7 Å². The Morgan fingerprint density at radius 3 is 2.50 bits per heavy atom. The van der Waals surface area contributed by atoms with Crippen LogP contribution in [0, 0.1) is 5.92 Å². The molecule has 0 spiro atoms. The van der Waals surface area contributed by atoms with Crippen LogP contribution in [0.3, 0.4) is 0 Å². The van der Waals surface area contributed by atoms with Crippen molar-refractivity contribution in [1.29, 1.82) is 0 Å². The number of hydrogen-bond donors (Lipinski definition) is 1. The van der Waals surface area contributed by atoms with Crippen molar-refractivity contribution in [3.05, 3.63) is 53.6 Å². The van der Waals surface area contributed by atoms with E-state index in [0.717, 1.165) is 41.6 Å². The second-order valence-electron chi connectivity index (χ2n) is 8.72. The van der Waals surface area contributed by atoms with Gasteiger partial charge in [-0.1, -0.05) is 25.1 Å². The van der Waals surface area contributed by atoms with Crippen LogP contribution in [0.2, 0.25) is 0 Å². The molecule has 0 aromatic heterocycles. The molecule has 1 fully saturated rings. The van der Waals surface area contributed by atoms with Crippen LogP contribution >= 0.6 is 0 Å². The molecule has 1 aliphatic rings. The molecule has 0 unspecified atom stereocenters. The quantitative estimate of drug-likeness (QED) is 0.530. The summed E-state index contributed by atoms with van der Waals surface area (Å²) in [7, 11) is 0. The lowest BCUT2D eigenvalue weighted by molar-refractivity contribution is -0.121. The zero-order chi connectivity index (χ0) is 22.9. The predicted molar refractivity (Wildman–Crippen MR) is 131 cm³/mol. The molecule has 32 heavy (non-hydrogen) atoms. The molecule has 1 amide bonds. The first-order valence-corrected chi connectivity index (χ1v) is 12.0. The Morgan fingerprint density at radius 1 is 1.09 bits per heavy atom. The fourth-order valence-corrected chi connectivity index (χ4v) is 4.30. The average Bonchev–Trinajstić information content (AvgIpc) is 2.79. The zero-order valence-electron chi connectivity index (χ0n) is 20.0. The van der Waals surface area contributed by atoms with E-state index in [-0.39, 0.29) is 11.9 Å². The van der Waals surface area contributed by atoms with Gasteiger partial charge in [-0.3, -0.25) is 4.79 Å². The largest absolute Gasteiger partial charge is 0.490 e. The van der Waals surface area contributed by atoms with Gasteiger partial charge in [-0.15, -0.1) is 0 Å². The van der Waals surface area contributed by atoms with Gasteiger partial charge in [-0.2, -0.15) is 0 Å². The SMILES string of the molecule is CCOc1ccc(CCC(=O)N[C@@H](C)c2ccc(N3CCC[C@H](C)C3)cc2)cc1OCC. The van der Waals surface area contributed by atoms with Crippen LogP contribution in [0.1, 0.15) is 64.1 Å². The maximum atomic E-state index is 12.6. The number of nitrogens with one attached hydrogen (secondary N) is 1. The number of piperidine rings is 1. The molecule has 0 saturated carbocycles. The van der Waals surface area contributed by atoms with Crippen LogP contribution in [0.25, 0.3) is 0 Å². The van der Waals surface area contributed by atoms with Gasteiger partial charge in [0.05, 0.1) is 19.3 Å². The van der Waals surface area contributed by atoms with Gasteiger partial charge >= 0.3 is 0 Å². The molecule has 5 heteroatoms. The van der Waals surface area contributed by atoms with Crippen molar-refractivity contribution in [2.24, 2.45) is 5.92 Å². The van der Waals surface area contributed by atoms with E-state index >= 15 is 0 Å². The number of amides is 1. The predicted octanol–water partition coefficient (Wildman–Crippen LogP) is 5.53. The molecule has 0 bridgehead atoms. The monoisotopic (exact) mass is 438 g/mol. The number of aryl methyl sites for hydroxylation is 1. The Kier molecular flexibility index (Phi) is 8.83. The number of carbonyl (C=O) groups excluding carboxylic acids is 1. The van der Waals surface area contributed by atoms with Crippen molar-refractivity contribution >= 4 is 11.6 Å². The second kappa shape index (κ2) is 11.8. The van der Waals surface area contributed by atoms with E-state index in [1.54, 1.807) is 0 Å². The minimum Gasteiger partial charge on any atom is -0.490 e. The highest BCUT2D eigenvalue weighted by Gasteiger charge is 2.17. The third kappa shape index (κ3) is 6.65. The number of anilines is 1. The van der Waals surface area contributed by atoms with Crippen LogP contribution in [0.15, 0.2) is 42.5 Å². The van der Waals surface area contributed by atoms with Gasteiger partial charge in [0.15, 0.2) is 11.5 Å². The number of ether oxygens (including phenoxy) is 2. The van der Waals surface area contributed by atoms with Crippen molar-refractivity contribution in [1.82, 2.24) is 5.32 Å². The molecule has 2 aromatic carbocycles. The molecule has 2 atom stereocenters. The first kappa shape index (κ1) is 24.0. The summed E-state index contributed by atoms with van der Waals surface area (Å²) in [4.78, 5) is 15.0. The van der Waals surface area contributed by atoms with E-state index in [4.69, 9.17) is 9.47 Å². The zero-order valence-corrected chi connectivity index (χ0v) is 20.0. The molecule has 0 aliphatic carbocycles. The third-order valence-electron chi connectivity index (χ3n) is 6.04. The highest BCUT2D eigenvalue weighted by Crippen LogP contribution is 2.29. The Balaban J connectivity index is 1.52. The van der Waals surface area contributed by atoms with Gasteiger partial charge < -0.3 is 19.7 Å². The average molecular weight is 439 g/mol. The molecule has 1 N–H and O–H groups in total. The Labute approximate surface area is 193 Å². The summed E-state index contributed by atoms with van der Waals surface area (Å²) >= 11 is 0. The first-order valence-electron chi connectivity index (χ1n) is 12.0. The second-order valence-corrected chi connectivity index (χ2v) is 8.72. The van der Waals surface area contributed by atoms with Crippen molar-refractivity contribution in [3.8, 4) is 11.5 Å². The summed E-state index contributed by atoms with van der Waals surface area (Å²) < 4.78 is 11.3. The van der Waals surface area contributed by atoms with Crippen LogP contribution in [-0.4, -0.2) is 32.2 Å². The third-order valence-corrected chi connectivity index (χ3v) is 6.04. The van der Waals surface area contributed by atoms with Crippen LogP contribution in [-0.2, 0) is 11.2 Å². The Bertz CT molecular complexity index is 866. The highest BCUT2D eigenvalue weighted by molar-refractivity contribution is 5.76.